The molecule has 2 heterocycles. The Hall–Kier alpha value is -1.62. The molecule has 5 nitrogen and oxygen atoms in total. The van der Waals surface area contributed by atoms with Crippen LogP contribution in [0.3, 0.4) is 0 Å². The molecule has 0 unspecified atom stereocenters. The van der Waals surface area contributed by atoms with Gasteiger partial charge in [-0.25, -0.2) is 4.79 Å². The van der Waals surface area contributed by atoms with E-state index in [1.807, 2.05) is 32.9 Å². The minimum atomic E-state index is -0.497. The van der Waals surface area contributed by atoms with Gasteiger partial charge in [0.05, 0.1) is 6.04 Å². The fraction of sp³-hybridized carbons (Fsp3) is 0.571. The highest BCUT2D eigenvalue weighted by atomic mass is 16.6. The molecule has 2 rings (SSSR count). The monoisotopic (exact) mass is 263 g/mol. The number of likely N-dealkylation sites (tertiary alicyclic amines) is 1. The molecule has 0 aromatic carbocycles. The molecular formula is C14H21N3O2. The van der Waals surface area contributed by atoms with Crippen molar-refractivity contribution in [3.05, 3.63) is 30.1 Å². The van der Waals surface area contributed by atoms with Gasteiger partial charge in [-0.2, -0.15) is 0 Å². The predicted molar refractivity (Wildman–Crippen MR) is 72.5 cm³/mol. The van der Waals surface area contributed by atoms with E-state index < -0.39 is 5.60 Å². The third kappa shape index (κ3) is 3.23. The van der Waals surface area contributed by atoms with Crippen molar-refractivity contribution < 1.29 is 9.53 Å². The summed E-state index contributed by atoms with van der Waals surface area (Å²) in [6, 6.07) is 3.58. The summed E-state index contributed by atoms with van der Waals surface area (Å²) in [5.41, 5.74) is 6.59. The van der Waals surface area contributed by atoms with Crippen LogP contribution >= 0.6 is 0 Å². The maximum Gasteiger partial charge on any atom is 0.410 e. The van der Waals surface area contributed by atoms with Gasteiger partial charge in [0.15, 0.2) is 0 Å². The van der Waals surface area contributed by atoms with Crippen molar-refractivity contribution in [2.75, 3.05) is 6.54 Å². The highest BCUT2D eigenvalue weighted by Crippen LogP contribution is 2.31. The van der Waals surface area contributed by atoms with E-state index in [4.69, 9.17) is 10.5 Å². The van der Waals surface area contributed by atoms with Crippen molar-refractivity contribution in [2.45, 2.75) is 44.9 Å². The lowest BCUT2D eigenvalue weighted by atomic mass is 10.0. The van der Waals surface area contributed by atoms with Gasteiger partial charge in [-0.1, -0.05) is 6.07 Å². The van der Waals surface area contributed by atoms with Crippen LogP contribution in [-0.2, 0) is 4.74 Å². The van der Waals surface area contributed by atoms with E-state index in [9.17, 15) is 4.79 Å². The quantitative estimate of drug-likeness (QED) is 0.842. The van der Waals surface area contributed by atoms with Crippen LogP contribution in [0.1, 0.15) is 38.8 Å². The Bertz CT molecular complexity index is 442. The molecule has 1 aliphatic rings. The summed E-state index contributed by atoms with van der Waals surface area (Å²) in [7, 11) is 0. The number of ether oxygens (including phenoxy) is 1. The van der Waals surface area contributed by atoms with Crippen LogP contribution in [0.25, 0.3) is 0 Å². The van der Waals surface area contributed by atoms with Crippen LogP contribution in [0.15, 0.2) is 24.5 Å². The number of aromatic nitrogens is 1. The standard InChI is InChI=1S/C14H21N3O2/c1-14(2,3)19-13(18)17-8-6-11(15)12(17)10-5-4-7-16-9-10/h4-5,7,9,11-12H,6,8,15H2,1-3H3/t11-,12+/m1/s1. The van der Waals surface area contributed by atoms with E-state index in [2.05, 4.69) is 4.98 Å². The number of carbonyl (C=O) groups excluding carboxylic acids is 1. The van der Waals surface area contributed by atoms with Crippen molar-refractivity contribution in [1.29, 1.82) is 0 Å². The number of rotatable bonds is 1. The maximum atomic E-state index is 12.2. The van der Waals surface area contributed by atoms with Gasteiger partial charge in [0.2, 0.25) is 0 Å². The average molecular weight is 263 g/mol. The van der Waals surface area contributed by atoms with Crippen molar-refractivity contribution >= 4 is 6.09 Å². The molecule has 2 atom stereocenters. The van der Waals surface area contributed by atoms with Gasteiger partial charge in [-0.3, -0.25) is 9.88 Å². The number of hydrogen-bond acceptors (Lipinski definition) is 4. The fourth-order valence-electron chi connectivity index (χ4n) is 2.32. The van der Waals surface area contributed by atoms with Gasteiger partial charge in [-0.05, 0) is 38.8 Å². The molecule has 1 aromatic heterocycles. The first-order chi connectivity index (χ1) is 8.88. The van der Waals surface area contributed by atoms with Gasteiger partial charge < -0.3 is 10.5 Å². The molecule has 104 valence electrons. The summed E-state index contributed by atoms with van der Waals surface area (Å²) in [5, 5.41) is 0. The van der Waals surface area contributed by atoms with Crippen LogP contribution in [-0.4, -0.2) is 34.2 Å². The Labute approximate surface area is 113 Å². The first kappa shape index (κ1) is 13.8. The molecule has 0 spiro atoms. The van der Waals surface area contributed by atoms with Gasteiger partial charge in [-0.15, -0.1) is 0 Å². The van der Waals surface area contributed by atoms with E-state index in [0.29, 0.717) is 6.54 Å². The summed E-state index contributed by atoms with van der Waals surface area (Å²) in [4.78, 5) is 18.0. The van der Waals surface area contributed by atoms with Crippen LogP contribution in [0.5, 0.6) is 0 Å². The topological polar surface area (TPSA) is 68.5 Å². The SMILES string of the molecule is CC(C)(C)OC(=O)N1CC[C@@H](N)[C@@H]1c1cccnc1. The fourth-order valence-corrected chi connectivity index (χ4v) is 2.32. The van der Waals surface area contributed by atoms with E-state index in [0.717, 1.165) is 12.0 Å². The second-order valence-electron chi connectivity index (χ2n) is 5.86. The zero-order chi connectivity index (χ0) is 14.0. The van der Waals surface area contributed by atoms with Crippen LogP contribution in [0.2, 0.25) is 0 Å². The van der Waals surface area contributed by atoms with Crippen LogP contribution in [0, 0.1) is 0 Å². The third-order valence-electron chi connectivity index (χ3n) is 3.10. The Morgan fingerprint density at radius 3 is 2.84 bits per heavy atom. The minimum absolute atomic E-state index is 0.0725. The summed E-state index contributed by atoms with van der Waals surface area (Å²) < 4.78 is 5.43. The summed E-state index contributed by atoms with van der Waals surface area (Å²) >= 11 is 0. The summed E-state index contributed by atoms with van der Waals surface area (Å²) in [5.74, 6) is 0. The number of nitrogens with two attached hydrogens (primary N) is 1. The van der Waals surface area contributed by atoms with Crippen molar-refractivity contribution in [3.63, 3.8) is 0 Å². The highest BCUT2D eigenvalue weighted by Gasteiger charge is 2.38. The Balaban J connectivity index is 2.18. The molecular weight excluding hydrogens is 242 g/mol. The summed E-state index contributed by atoms with van der Waals surface area (Å²) in [6.07, 6.45) is 3.93. The lowest BCUT2D eigenvalue weighted by molar-refractivity contribution is 0.0218. The lowest BCUT2D eigenvalue weighted by Gasteiger charge is -2.29. The normalized spacial score (nSPS) is 23.5. The first-order valence-electron chi connectivity index (χ1n) is 6.53. The molecule has 0 radical (unpaired) electrons. The summed E-state index contributed by atoms with van der Waals surface area (Å²) in [6.45, 7) is 6.20. The third-order valence-corrected chi connectivity index (χ3v) is 3.10. The van der Waals surface area contributed by atoms with Gasteiger partial charge in [0, 0.05) is 25.0 Å². The lowest BCUT2D eigenvalue weighted by Crippen LogP contribution is -2.39. The molecule has 1 fully saturated rings. The van der Waals surface area contributed by atoms with Crippen LogP contribution in [0.4, 0.5) is 4.79 Å². The molecule has 5 heteroatoms. The minimum Gasteiger partial charge on any atom is -0.444 e. The van der Waals surface area contributed by atoms with Gasteiger partial charge >= 0.3 is 6.09 Å². The van der Waals surface area contributed by atoms with E-state index >= 15 is 0 Å². The smallest absolute Gasteiger partial charge is 0.410 e. The number of pyridine rings is 1. The Morgan fingerprint density at radius 1 is 1.53 bits per heavy atom. The Morgan fingerprint density at radius 2 is 2.26 bits per heavy atom. The second-order valence-corrected chi connectivity index (χ2v) is 5.86. The number of nitrogens with zero attached hydrogens (tertiary/aromatic N) is 2. The van der Waals surface area contributed by atoms with Crippen molar-refractivity contribution in [1.82, 2.24) is 9.88 Å². The van der Waals surface area contributed by atoms with Gasteiger partial charge in [0.25, 0.3) is 0 Å². The maximum absolute atomic E-state index is 12.2. The van der Waals surface area contributed by atoms with Crippen molar-refractivity contribution in [3.8, 4) is 0 Å². The van der Waals surface area contributed by atoms with Crippen molar-refractivity contribution in [2.24, 2.45) is 5.73 Å². The number of hydrogen-bond donors (Lipinski definition) is 1. The molecule has 0 aliphatic carbocycles. The Kier molecular flexibility index (Phi) is 3.75. The average Bonchev–Trinajstić information content (AvgIpc) is 2.70. The largest absolute Gasteiger partial charge is 0.444 e. The zero-order valence-electron chi connectivity index (χ0n) is 11.7. The first-order valence-corrected chi connectivity index (χ1v) is 6.53. The predicted octanol–water partition coefficient (Wildman–Crippen LogP) is 2.09. The van der Waals surface area contributed by atoms with E-state index in [1.165, 1.54) is 0 Å². The molecule has 19 heavy (non-hydrogen) atoms. The molecule has 0 saturated carbocycles. The molecule has 1 aliphatic heterocycles. The van der Waals surface area contributed by atoms with Gasteiger partial charge in [0.1, 0.15) is 5.60 Å². The van der Waals surface area contributed by atoms with E-state index in [1.54, 1.807) is 17.3 Å². The molecule has 0 bridgehead atoms. The second kappa shape index (κ2) is 5.17. The number of carbonyl (C=O) groups is 1. The highest BCUT2D eigenvalue weighted by molar-refractivity contribution is 5.69. The molecule has 1 amide bonds. The van der Waals surface area contributed by atoms with Crippen LogP contribution < -0.4 is 5.73 Å². The number of amides is 1. The van der Waals surface area contributed by atoms with E-state index in [-0.39, 0.29) is 18.2 Å². The molecule has 1 saturated heterocycles. The zero-order valence-corrected chi connectivity index (χ0v) is 11.7. The molecule has 1 aromatic rings. The molecule has 2 N–H and O–H groups in total.